The van der Waals surface area contributed by atoms with Crippen molar-refractivity contribution in [2.75, 3.05) is 5.75 Å². The van der Waals surface area contributed by atoms with Gasteiger partial charge in [-0.2, -0.15) is 0 Å². The molecule has 0 aliphatic heterocycles. The number of carbonyl (C=O) groups is 2. The second-order valence-corrected chi connectivity index (χ2v) is 9.53. The lowest BCUT2D eigenvalue weighted by atomic mass is 10.0. The quantitative estimate of drug-likeness (QED) is 0.420. The van der Waals surface area contributed by atoms with E-state index in [4.69, 9.17) is 0 Å². The Morgan fingerprint density at radius 3 is 2.00 bits per heavy atom. The van der Waals surface area contributed by atoms with Crippen LogP contribution in [0.4, 0.5) is 0 Å². The molecule has 0 saturated heterocycles. The van der Waals surface area contributed by atoms with Gasteiger partial charge in [0.2, 0.25) is 11.8 Å². The number of hydrogen-bond donors (Lipinski definition) is 1. The van der Waals surface area contributed by atoms with E-state index < -0.39 is 6.04 Å². The molecular formula is C28H32N2O2S. The highest BCUT2D eigenvalue weighted by Crippen LogP contribution is 2.21. The van der Waals surface area contributed by atoms with Crippen LogP contribution in [0.3, 0.4) is 0 Å². The third kappa shape index (κ3) is 7.79. The Labute approximate surface area is 201 Å². The van der Waals surface area contributed by atoms with Gasteiger partial charge in [-0.05, 0) is 44.0 Å². The number of nitrogens with one attached hydrogen (secondary N) is 1. The largest absolute Gasteiger partial charge is 0.352 e. The van der Waals surface area contributed by atoms with Gasteiger partial charge < -0.3 is 10.2 Å². The monoisotopic (exact) mass is 460 g/mol. The van der Waals surface area contributed by atoms with Gasteiger partial charge in [0.05, 0.1) is 5.75 Å². The highest BCUT2D eigenvalue weighted by atomic mass is 32.2. The van der Waals surface area contributed by atoms with Crippen molar-refractivity contribution >= 4 is 23.6 Å². The van der Waals surface area contributed by atoms with E-state index in [2.05, 4.69) is 5.32 Å². The minimum absolute atomic E-state index is 0.00798. The first-order valence-corrected chi connectivity index (χ1v) is 12.3. The van der Waals surface area contributed by atoms with E-state index in [1.165, 1.54) is 17.3 Å². The minimum atomic E-state index is -0.596. The molecule has 0 spiro atoms. The summed E-state index contributed by atoms with van der Waals surface area (Å²) >= 11 is 1.50. The standard InChI is InChI=1S/C28H32N2O2S/c1-21(2)29-28(32)26(18-23-10-6-4-7-11-23)30(19-24-12-8-5-9-13-24)27(31)20-33-25-16-14-22(3)15-17-25/h4-17,21,26H,18-20H2,1-3H3,(H,29,32). The molecule has 1 N–H and O–H groups in total. The van der Waals surface area contributed by atoms with Crippen LogP contribution in [0.15, 0.2) is 89.8 Å². The molecule has 3 aromatic rings. The normalized spacial score (nSPS) is 11.8. The van der Waals surface area contributed by atoms with Crippen molar-refractivity contribution in [3.8, 4) is 0 Å². The Bertz CT molecular complexity index is 1020. The molecular weight excluding hydrogens is 428 g/mol. The number of benzene rings is 3. The van der Waals surface area contributed by atoms with Gasteiger partial charge in [0, 0.05) is 23.9 Å². The van der Waals surface area contributed by atoms with E-state index in [9.17, 15) is 9.59 Å². The van der Waals surface area contributed by atoms with Crippen molar-refractivity contribution in [3.63, 3.8) is 0 Å². The van der Waals surface area contributed by atoms with Crippen molar-refractivity contribution in [2.45, 2.75) is 50.7 Å². The molecule has 0 fully saturated rings. The molecule has 33 heavy (non-hydrogen) atoms. The zero-order chi connectivity index (χ0) is 23.6. The first-order valence-electron chi connectivity index (χ1n) is 11.3. The lowest BCUT2D eigenvalue weighted by Crippen LogP contribution is -2.52. The average molecular weight is 461 g/mol. The van der Waals surface area contributed by atoms with Crippen LogP contribution in [0, 0.1) is 6.92 Å². The molecule has 5 heteroatoms. The summed E-state index contributed by atoms with van der Waals surface area (Å²) < 4.78 is 0. The molecule has 1 unspecified atom stereocenters. The summed E-state index contributed by atoms with van der Waals surface area (Å²) in [4.78, 5) is 29.6. The maximum absolute atomic E-state index is 13.5. The maximum Gasteiger partial charge on any atom is 0.243 e. The van der Waals surface area contributed by atoms with E-state index in [0.29, 0.717) is 13.0 Å². The van der Waals surface area contributed by atoms with Gasteiger partial charge >= 0.3 is 0 Å². The Morgan fingerprint density at radius 2 is 1.42 bits per heavy atom. The number of carbonyl (C=O) groups excluding carboxylic acids is 2. The van der Waals surface area contributed by atoms with Crippen molar-refractivity contribution in [2.24, 2.45) is 0 Å². The van der Waals surface area contributed by atoms with Gasteiger partial charge in [0.15, 0.2) is 0 Å². The van der Waals surface area contributed by atoms with E-state index in [1.54, 1.807) is 4.90 Å². The summed E-state index contributed by atoms with van der Waals surface area (Å²) in [6.07, 6.45) is 0.465. The van der Waals surface area contributed by atoms with E-state index >= 15 is 0 Å². The zero-order valence-electron chi connectivity index (χ0n) is 19.5. The van der Waals surface area contributed by atoms with Crippen LogP contribution in [0.2, 0.25) is 0 Å². The third-order valence-electron chi connectivity index (χ3n) is 5.28. The molecule has 0 radical (unpaired) electrons. The summed E-state index contributed by atoms with van der Waals surface area (Å²) in [5.74, 6) is 0.0959. The SMILES string of the molecule is Cc1ccc(SCC(=O)N(Cc2ccccc2)C(Cc2ccccc2)C(=O)NC(C)C)cc1. The van der Waals surface area contributed by atoms with Crippen molar-refractivity contribution in [1.29, 1.82) is 0 Å². The molecule has 0 aromatic heterocycles. The average Bonchev–Trinajstić information content (AvgIpc) is 2.81. The lowest BCUT2D eigenvalue weighted by molar-refractivity contribution is -0.139. The molecule has 0 bridgehead atoms. The first-order chi connectivity index (χ1) is 15.9. The number of thioether (sulfide) groups is 1. The van der Waals surface area contributed by atoms with Crippen LogP contribution in [-0.2, 0) is 22.6 Å². The second kappa shape index (κ2) is 12.3. The summed E-state index contributed by atoms with van der Waals surface area (Å²) in [6.45, 7) is 6.31. The van der Waals surface area contributed by atoms with Gasteiger partial charge in [-0.3, -0.25) is 9.59 Å². The molecule has 3 aromatic carbocycles. The number of hydrogen-bond acceptors (Lipinski definition) is 3. The van der Waals surface area contributed by atoms with E-state index in [0.717, 1.165) is 16.0 Å². The molecule has 1 atom stereocenters. The van der Waals surface area contributed by atoms with Gasteiger partial charge in [-0.25, -0.2) is 0 Å². The Kier molecular flexibility index (Phi) is 9.14. The fourth-order valence-corrected chi connectivity index (χ4v) is 4.36. The zero-order valence-corrected chi connectivity index (χ0v) is 20.3. The van der Waals surface area contributed by atoms with Crippen LogP contribution < -0.4 is 5.32 Å². The molecule has 2 amide bonds. The highest BCUT2D eigenvalue weighted by Gasteiger charge is 2.30. The van der Waals surface area contributed by atoms with Crippen LogP contribution in [0.25, 0.3) is 0 Å². The van der Waals surface area contributed by atoms with Gasteiger partial charge in [0.1, 0.15) is 6.04 Å². The number of amides is 2. The van der Waals surface area contributed by atoms with Crippen LogP contribution in [0.5, 0.6) is 0 Å². The third-order valence-corrected chi connectivity index (χ3v) is 6.28. The van der Waals surface area contributed by atoms with Crippen molar-refractivity contribution in [3.05, 3.63) is 102 Å². The Hall–Kier alpha value is -3.05. The summed E-state index contributed by atoms with van der Waals surface area (Å²) in [7, 11) is 0. The molecule has 0 heterocycles. The van der Waals surface area contributed by atoms with Crippen LogP contribution >= 0.6 is 11.8 Å². The second-order valence-electron chi connectivity index (χ2n) is 8.48. The van der Waals surface area contributed by atoms with E-state index in [1.807, 2.05) is 106 Å². The Balaban J connectivity index is 1.87. The fourth-order valence-electron chi connectivity index (χ4n) is 3.58. The molecule has 4 nitrogen and oxygen atoms in total. The highest BCUT2D eigenvalue weighted by molar-refractivity contribution is 8.00. The summed E-state index contributed by atoms with van der Waals surface area (Å²) in [6, 6.07) is 27.3. The Morgan fingerprint density at radius 1 is 0.848 bits per heavy atom. The number of nitrogens with zero attached hydrogens (tertiary/aromatic N) is 1. The number of aryl methyl sites for hydroxylation is 1. The first kappa shape index (κ1) is 24.6. The molecule has 0 aliphatic carbocycles. The lowest BCUT2D eigenvalue weighted by Gasteiger charge is -2.32. The smallest absolute Gasteiger partial charge is 0.243 e. The molecule has 3 rings (SSSR count). The summed E-state index contributed by atoms with van der Waals surface area (Å²) in [5, 5.41) is 3.02. The van der Waals surface area contributed by atoms with Crippen LogP contribution in [0.1, 0.15) is 30.5 Å². The van der Waals surface area contributed by atoms with Crippen molar-refractivity contribution in [1.82, 2.24) is 10.2 Å². The molecule has 0 saturated carbocycles. The van der Waals surface area contributed by atoms with Crippen LogP contribution in [-0.4, -0.2) is 34.6 Å². The van der Waals surface area contributed by atoms with E-state index in [-0.39, 0.29) is 23.6 Å². The maximum atomic E-state index is 13.5. The predicted molar refractivity (Wildman–Crippen MR) is 136 cm³/mol. The fraction of sp³-hybridized carbons (Fsp3) is 0.286. The molecule has 172 valence electrons. The number of rotatable bonds is 10. The topological polar surface area (TPSA) is 49.4 Å². The van der Waals surface area contributed by atoms with Crippen molar-refractivity contribution < 1.29 is 9.59 Å². The van der Waals surface area contributed by atoms with Gasteiger partial charge in [0.25, 0.3) is 0 Å². The predicted octanol–water partition coefficient (Wildman–Crippen LogP) is 5.25. The summed E-state index contributed by atoms with van der Waals surface area (Å²) in [5.41, 5.74) is 3.21. The molecule has 0 aliphatic rings. The van der Waals surface area contributed by atoms with Gasteiger partial charge in [-0.15, -0.1) is 11.8 Å². The van der Waals surface area contributed by atoms with Gasteiger partial charge in [-0.1, -0.05) is 78.4 Å². The minimum Gasteiger partial charge on any atom is -0.352 e.